The minimum absolute atomic E-state index is 0. The van der Waals surface area contributed by atoms with Gasteiger partial charge in [-0.15, -0.1) is 12.4 Å². The van der Waals surface area contributed by atoms with Crippen LogP contribution in [0.4, 0.5) is 5.69 Å². The van der Waals surface area contributed by atoms with Gasteiger partial charge in [0.25, 0.3) is 0 Å². The molecule has 0 aliphatic carbocycles. The number of rotatable bonds is 10. The molecule has 0 radical (unpaired) electrons. The lowest BCUT2D eigenvalue weighted by Crippen LogP contribution is -2.48. The van der Waals surface area contributed by atoms with Crippen molar-refractivity contribution in [1.29, 1.82) is 0 Å². The Kier molecular flexibility index (Phi) is 11.1. The first-order chi connectivity index (χ1) is 13.1. The lowest BCUT2D eigenvalue weighted by molar-refractivity contribution is -0.128. The van der Waals surface area contributed by atoms with E-state index in [1.165, 1.54) is 0 Å². The van der Waals surface area contributed by atoms with E-state index in [9.17, 15) is 9.59 Å². The van der Waals surface area contributed by atoms with Crippen LogP contribution < -0.4 is 16.4 Å². The van der Waals surface area contributed by atoms with Crippen molar-refractivity contribution in [3.8, 4) is 0 Å². The predicted octanol–water partition coefficient (Wildman–Crippen LogP) is 2.83. The number of anilines is 1. The Bertz CT molecular complexity index is 726. The van der Waals surface area contributed by atoms with Crippen molar-refractivity contribution >= 4 is 41.7 Å². The highest BCUT2D eigenvalue weighted by molar-refractivity contribution is 7.98. The molecule has 0 aliphatic rings. The summed E-state index contributed by atoms with van der Waals surface area (Å²) < 4.78 is 0. The Hall–Kier alpha value is -2.18. The second kappa shape index (κ2) is 13.1. The van der Waals surface area contributed by atoms with Crippen molar-refractivity contribution < 1.29 is 9.59 Å². The molecule has 0 aromatic heterocycles. The van der Waals surface area contributed by atoms with Crippen molar-refractivity contribution in [2.24, 2.45) is 0 Å². The van der Waals surface area contributed by atoms with Crippen molar-refractivity contribution in [2.45, 2.75) is 25.3 Å². The molecule has 0 fully saturated rings. The van der Waals surface area contributed by atoms with Crippen molar-refractivity contribution in [2.75, 3.05) is 24.3 Å². The maximum Gasteiger partial charge on any atom is 0.242 e. The van der Waals surface area contributed by atoms with Gasteiger partial charge in [0.1, 0.15) is 6.04 Å². The number of carbonyl (C=O) groups is 2. The Morgan fingerprint density at radius 3 is 2.36 bits per heavy atom. The summed E-state index contributed by atoms with van der Waals surface area (Å²) in [7, 11) is 0. The summed E-state index contributed by atoms with van der Waals surface area (Å²) in [5, 5.41) is 5.81. The van der Waals surface area contributed by atoms with E-state index in [4.69, 9.17) is 5.73 Å². The number of nitrogens with one attached hydrogen (secondary N) is 2. The monoisotopic (exact) mass is 421 g/mol. The Balaban J connectivity index is 0.00000392. The van der Waals surface area contributed by atoms with Crippen LogP contribution in [0.15, 0.2) is 54.6 Å². The van der Waals surface area contributed by atoms with Crippen LogP contribution in [0.1, 0.15) is 17.5 Å². The fourth-order valence-electron chi connectivity index (χ4n) is 2.67. The molecule has 0 spiro atoms. The summed E-state index contributed by atoms with van der Waals surface area (Å²) in [6, 6.07) is 16.6. The SMILES string of the molecule is CSCCC(NC(=O)Cc1ccccc1)C(=O)NCCc1ccc(N)cc1.Cl. The third-order valence-electron chi connectivity index (χ3n) is 4.16. The quantitative estimate of drug-likeness (QED) is 0.515. The molecule has 152 valence electrons. The van der Waals surface area contributed by atoms with Gasteiger partial charge in [0.15, 0.2) is 0 Å². The number of benzene rings is 2. The predicted molar refractivity (Wildman–Crippen MR) is 120 cm³/mol. The van der Waals surface area contributed by atoms with Crippen LogP contribution >= 0.6 is 24.2 Å². The van der Waals surface area contributed by atoms with E-state index >= 15 is 0 Å². The summed E-state index contributed by atoms with van der Waals surface area (Å²) in [5.41, 5.74) is 8.44. The van der Waals surface area contributed by atoms with Crippen LogP contribution in [0.3, 0.4) is 0 Å². The minimum atomic E-state index is -0.514. The molecule has 2 aromatic rings. The van der Waals surface area contributed by atoms with Crippen LogP contribution in [0, 0.1) is 0 Å². The second-order valence-electron chi connectivity index (χ2n) is 6.35. The van der Waals surface area contributed by atoms with Gasteiger partial charge in [0.05, 0.1) is 6.42 Å². The zero-order valence-corrected chi connectivity index (χ0v) is 17.7. The van der Waals surface area contributed by atoms with Crippen LogP contribution in [0.2, 0.25) is 0 Å². The third kappa shape index (κ3) is 8.67. The second-order valence-corrected chi connectivity index (χ2v) is 7.33. The Labute approximate surface area is 177 Å². The summed E-state index contributed by atoms with van der Waals surface area (Å²) >= 11 is 1.66. The maximum absolute atomic E-state index is 12.5. The average molecular weight is 422 g/mol. The van der Waals surface area contributed by atoms with Gasteiger partial charge in [-0.3, -0.25) is 9.59 Å². The number of hydrogen-bond donors (Lipinski definition) is 3. The Morgan fingerprint density at radius 2 is 1.71 bits per heavy atom. The number of carbonyl (C=O) groups excluding carboxylic acids is 2. The standard InChI is InChI=1S/C21H27N3O2S.ClH/c1-27-14-12-19(24-20(25)15-17-5-3-2-4-6-17)21(26)23-13-11-16-7-9-18(22)10-8-16;/h2-10,19H,11-15,22H2,1H3,(H,23,26)(H,24,25);1H. The van der Waals surface area contributed by atoms with E-state index in [0.717, 1.165) is 29.0 Å². The fraction of sp³-hybridized carbons (Fsp3) is 0.333. The van der Waals surface area contributed by atoms with E-state index in [1.54, 1.807) is 11.8 Å². The average Bonchev–Trinajstić information content (AvgIpc) is 2.67. The lowest BCUT2D eigenvalue weighted by Gasteiger charge is -2.18. The molecule has 0 saturated heterocycles. The van der Waals surface area contributed by atoms with Crippen LogP contribution in [0.5, 0.6) is 0 Å². The topological polar surface area (TPSA) is 84.2 Å². The molecular weight excluding hydrogens is 394 g/mol. The van der Waals surface area contributed by atoms with E-state index in [2.05, 4.69) is 10.6 Å². The molecule has 2 amide bonds. The largest absolute Gasteiger partial charge is 0.399 e. The minimum Gasteiger partial charge on any atom is -0.399 e. The van der Waals surface area contributed by atoms with Crippen molar-refractivity contribution in [1.82, 2.24) is 10.6 Å². The van der Waals surface area contributed by atoms with Gasteiger partial charge in [-0.1, -0.05) is 42.5 Å². The number of hydrogen-bond acceptors (Lipinski definition) is 4. The summed E-state index contributed by atoms with van der Waals surface area (Å²) in [4.78, 5) is 24.8. The van der Waals surface area contributed by atoms with E-state index in [-0.39, 0.29) is 30.6 Å². The highest BCUT2D eigenvalue weighted by Crippen LogP contribution is 2.06. The van der Waals surface area contributed by atoms with Gasteiger partial charge in [-0.2, -0.15) is 11.8 Å². The van der Waals surface area contributed by atoms with Gasteiger partial charge >= 0.3 is 0 Å². The highest BCUT2D eigenvalue weighted by Gasteiger charge is 2.20. The molecule has 4 N–H and O–H groups in total. The zero-order chi connectivity index (χ0) is 19.5. The Morgan fingerprint density at radius 1 is 1.04 bits per heavy atom. The van der Waals surface area contributed by atoms with Gasteiger partial charge in [-0.05, 0) is 48.1 Å². The van der Waals surface area contributed by atoms with Gasteiger partial charge in [0.2, 0.25) is 11.8 Å². The first-order valence-electron chi connectivity index (χ1n) is 9.03. The van der Waals surface area contributed by atoms with E-state index in [1.807, 2.05) is 60.9 Å². The third-order valence-corrected chi connectivity index (χ3v) is 4.81. The van der Waals surface area contributed by atoms with Crippen LogP contribution in [-0.2, 0) is 22.4 Å². The van der Waals surface area contributed by atoms with E-state index in [0.29, 0.717) is 13.0 Å². The molecule has 0 bridgehead atoms. The summed E-state index contributed by atoms with van der Waals surface area (Å²) in [5.74, 6) is 0.531. The smallest absolute Gasteiger partial charge is 0.242 e. The molecular formula is C21H28ClN3O2S. The number of nitrogens with two attached hydrogens (primary N) is 1. The summed E-state index contributed by atoms with van der Waals surface area (Å²) in [6.45, 7) is 0.521. The molecule has 5 nitrogen and oxygen atoms in total. The first kappa shape index (κ1) is 23.9. The number of nitrogen functional groups attached to an aromatic ring is 1. The molecule has 2 rings (SSSR count). The molecule has 7 heteroatoms. The van der Waals surface area contributed by atoms with Crippen LogP contribution in [-0.4, -0.2) is 36.4 Å². The van der Waals surface area contributed by atoms with Crippen molar-refractivity contribution in [3.05, 3.63) is 65.7 Å². The van der Waals surface area contributed by atoms with Gasteiger partial charge in [0, 0.05) is 12.2 Å². The maximum atomic E-state index is 12.5. The van der Waals surface area contributed by atoms with Gasteiger partial charge < -0.3 is 16.4 Å². The zero-order valence-electron chi connectivity index (χ0n) is 16.0. The molecule has 2 aromatic carbocycles. The molecule has 1 unspecified atom stereocenters. The molecule has 0 saturated carbocycles. The van der Waals surface area contributed by atoms with Crippen molar-refractivity contribution in [3.63, 3.8) is 0 Å². The number of halogens is 1. The highest BCUT2D eigenvalue weighted by atomic mass is 35.5. The lowest BCUT2D eigenvalue weighted by atomic mass is 10.1. The van der Waals surface area contributed by atoms with E-state index < -0.39 is 6.04 Å². The number of amides is 2. The molecule has 28 heavy (non-hydrogen) atoms. The first-order valence-corrected chi connectivity index (χ1v) is 10.4. The van der Waals surface area contributed by atoms with Gasteiger partial charge in [-0.25, -0.2) is 0 Å². The van der Waals surface area contributed by atoms with Crippen LogP contribution in [0.25, 0.3) is 0 Å². The normalized spacial score (nSPS) is 11.2. The fourth-order valence-corrected chi connectivity index (χ4v) is 3.14. The molecule has 1 atom stereocenters. The summed E-state index contributed by atoms with van der Waals surface area (Å²) in [6.07, 6.45) is 3.59. The molecule has 0 aliphatic heterocycles. The number of thioether (sulfide) groups is 1. The molecule has 0 heterocycles.